The Morgan fingerprint density at radius 1 is 0.652 bits per heavy atom. The average Bonchev–Trinajstić information content (AvgIpc) is 3.05. The molecule has 2 aromatic carbocycles. The maximum Gasteiger partial charge on any atom is 0.339 e. The van der Waals surface area contributed by atoms with Gasteiger partial charge in [-0.25, -0.2) is 13.6 Å². The molecule has 2 aromatic rings. The van der Waals surface area contributed by atoms with E-state index < -0.39 is 66.7 Å². The second kappa shape index (κ2) is 14.3. The van der Waals surface area contributed by atoms with Crippen LogP contribution in [0.4, 0.5) is 17.6 Å². The molecular weight excluding hydrogens is 652 g/mol. The summed E-state index contributed by atoms with van der Waals surface area (Å²) in [6.07, 6.45) is 14.4. The van der Waals surface area contributed by atoms with Gasteiger partial charge in [0.05, 0.1) is 0 Å². The van der Waals surface area contributed by atoms with E-state index in [1.165, 1.54) is 0 Å². The molecule has 5 rings (SSSR count). The van der Waals surface area contributed by atoms with Crippen molar-refractivity contribution in [2.75, 3.05) is 6.61 Å². The molecule has 0 saturated heterocycles. The van der Waals surface area contributed by atoms with Crippen LogP contribution >= 0.6 is 0 Å². The van der Waals surface area contributed by atoms with Crippen molar-refractivity contribution in [2.45, 2.75) is 124 Å². The molecule has 3 aliphatic carbocycles. The first-order chi connectivity index (χ1) is 21.8. The largest absolute Gasteiger partial charge is 0.418 e. The summed E-state index contributed by atoms with van der Waals surface area (Å²) in [5, 5.41) is 0. The highest BCUT2D eigenvalue weighted by atomic mass is 32.2. The summed E-state index contributed by atoms with van der Waals surface area (Å²) >= 11 is 0. The number of benzene rings is 2. The number of ether oxygens (including phenoxy) is 1. The molecule has 0 amide bonds. The first-order valence-electron chi connectivity index (χ1n) is 15.9. The van der Waals surface area contributed by atoms with E-state index in [0.717, 1.165) is 102 Å². The van der Waals surface area contributed by atoms with Crippen molar-refractivity contribution in [1.82, 2.24) is 0 Å². The Kier molecular flexibility index (Phi) is 10.8. The predicted molar refractivity (Wildman–Crippen MR) is 159 cm³/mol. The van der Waals surface area contributed by atoms with Crippen LogP contribution in [-0.2, 0) is 29.2 Å². The fourth-order valence-corrected chi connectivity index (χ4v) is 9.36. The lowest BCUT2D eigenvalue weighted by atomic mass is 9.76. The highest BCUT2D eigenvalue weighted by molar-refractivity contribution is 7.87. The molecular formula is C32H38F4O8S2. The Hall–Kier alpha value is -2.55. The van der Waals surface area contributed by atoms with Crippen LogP contribution in [0.3, 0.4) is 0 Å². The lowest BCUT2D eigenvalue weighted by Crippen LogP contribution is -2.24. The molecule has 0 bridgehead atoms. The van der Waals surface area contributed by atoms with Gasteiger partial charge in [0.2, 0.25) is 17.4 Å². The molecule has 14 heteroatoms. The molecule has 0 heterocycles. The maximum absolute atomic E-state index is 14.4. The molecule has 3 aliphatic rings. The zero-order valence-corrected chi connectivity index (χ0v) is 27.0. The second-order valence-electron chi connectivity index (χ2n) is 12.6. The number of carbonyl (C=O) groups excluding carboxylic acids is 1. The first kappa shape index (κ1) is 34.8. The quantitative estimate of drug-likeness (QED) is 0.0703. The molecule has 0 spiro atoms. The third-order valence-electron chi connectivity index (χ3n) is 9.57. The summed E-state index contributed by atoms with van der Waals surface area (Å²) in [6.45, 7) is -1.39. The minimum Gasteiger partial charge on any atom is -0.418 e. The van der Waals surface area contributed by atoms with Gasteiger partial charge in [-0.3, -0.25) is 8.74 Å². The molecule has 0 aliphatic heterocycles. The number of esters is 1. The SMILES string of the molecule is O=C(COS(=O)(=O)c1c(C2CCCCC2)cc(C2CCCCC2)cc1C1CCCCC1)Oc1c(F)c(F)c(S(=O)(=O)O)c(F)c1F. The van der Waals surface area contributed by atoms with Crippen molar-refractivity contribution in [1.29, 1.82) is 0 Å². The van der Waals surface area contributed by atoms with Crippen molar-refractivity contribution in [3.63, 3.8) is 0 Å². The third kappa shape index (κ3) is 7.44. The van der Waals surface area contributed by atoms with Gasteiger partial charge in [-0.15, -0.1) is 0 Å². The molecule has 254 valence electrons. The number of hydrogen-bond donors (Lipinski definition) is 1. The Morgan fingerprint density at radius 2 is 1.07 bits per heavy atom. The number of carbonyl (C=O) groups is 1. The van der Waals surface area contributed by atoms with Crippen molar-refractivity contribution < 1.29 is 52.7 Å². The van der Waals surface area contributed by atoms with Gasteiger partial charge in [-0.05, 0) is 73.0 Å². The molecule has 0 atom stereocenters. The summed E-state index contributed by atoms with van der Waals surface area (Å²) < 4.78 is 126. The van der Waals surface area contributed by atoms with Crippen LogP contribution in [0.5, 0.6) is 5.75 Å². The zero-order chi connectivity index (χ0) is 33.2. The van der Waals surface area contributed by atoms with Crippen LogP contribution in [0.2, 0.25) is 0 Å². The molecule has 0 aromatic heterocycles. The molecule has 0 unspecified atom stereocenters. The van der Waals surface area contributed by atoms with E-state index in [-0.39, 0.29) is 16.7 Å². The lowest BCUT2D eigenvalue weighted by Gasteiger charge is -2.32. The van der Waals surface area contributed by atoms with Gasteiger partial charge in [-0.1, -0.05) is 69.9 Å². The van der Waals surface area contributed by atoms with Gasteiger partial charge in [-0.2, -0.15) is 25.6 Å². The monoisotopic (exact) mass is 690 g/mol. The van der Waals surface area contributed by atoms with Crippen molar-refractivity contribution in [3.05, 3.63) is 52.1 Å². The fourth-order valence-electron chi connectivity index (χ4n) is 7.33. The fraction of sp³-hybridized carbons (Fsp3) is 0.594. The van der Waals surface area contributed by atoms with E-state index in [4.69, 9.17) is 8.74 Å². The molecule has 0 radical (unpaired) electrons. The second-order valence-corrected chi connectivity index (χ2v) is 15.5. The van der Waals surface area contributed by atoms with Gasteiger partial charge in [0.25, 0.3) is 10.1 Å². The highest BCUT2D eigenvalue weighted by Crippen LogP contribution is 2.46. The van der Waals surface area contributed by atoms with Crippen LogP contribution in [0.1, 0.15) is 131 Å². The van der Waals surface area contributed by atoms with Crippen molar-refractivity contribution >= 4 is 26.2 Å². The molecule has 46 heavy (non-hydrogen) atoms. The summed E-state index contributed by atoms with van der Waals surface area (Å²) in [4.78, 5) is 10.3. The van der Waals surface area contributed by atoms with Gasteiger partial charge in [0.15, 0.2) is 23.1 Å². The van der Waals surface area contributed by atoms with Gasteiger partial charge < -0.3 is 4.74 Å². The Bertz CT molecular complexity index is 1610. The van der Waals surface area contributed by atoms with Crippen LogP contribution in [0.15, 0.2) is 21.9 Å². The lowest BCUT2D eigenvalue weighted by molar-refractivity contribution is -0.137. The Labute approximate surface area is 266 Å². The zero-order valence-electron chi connectivity index (χ0n) is 25.3. The number of rotatable bonds is 9. The number of hydrogen-bond acceptors (Lipinski definition) is 7. The smallest absolute Gasteiger partial charge is 0.339 e. The Balaban J connectivity index is 1.49. The van der Waals surface area contributed by atoms with E-state index in [1.807, 2.05) is 12.1 Å². The standard InChI is InChI=1S/C32H38F4O8S2/c33-26-28(35)32(45(38,39)40)29(36)27(34)30(26)44-25(37)18-43-46(41,42)31-23(20-12-6-2-7-13-20)16-22(19-10-4-1-5-11-19)17-24(31)21-14-8-3-9-15-21/h16-17,19-21H,1-15,18H2,(H,38,39,40). The van der Waals surface area contributed by atoms with Crippen LogP contribution in [0, 0.1) is 23.3 Å². The summed E-state index contributed by atoms with van der Waals surface area (Å²) in [7, 11) is -10.4. The summed E-state index contributed by atoms with van der Waals surface area (Å²) in [6, 6.07) is 3.97. The minimum atomic E-state index is -5.73. The van der Waals surface area contributed by atoms with Crippen LogP contribution in [0.25, 0.3) is 0 Å². The van der Waals surface area contributed by atoms with Gasteiger partial charge in [0.1, 0.15) is 4.90 Å². The molecule has 3 fully saturated rings. The van der Waals surface area contributed by atoms with Gasteiger partial charge >= 0.3 is 16.1 Å². The van der Waals surface area contributed by atoms with Gasteiger partial charge in [0, 0.05) is 0 Å². The van der Waals surface area contributed by atoms with E-state index in [0.29, 0.717) is 17.0 Å². The topological polar surface area (TPSA) is 124 Å². The van der Waals surface area contributed by atoms with E-state index in [2.05, 4.69) is 4.74 Å². The maximum atomic E-state index is 14.4. The van der Waals surface area contributed by atoms with E-state index in [9.17, 15) is 39.2 Å². The predicted octanol–water partition coefficient (Wildman–Crippen LogP) is 7.94. The molecule has 1 N–H and O–H groups in total. The molecule has 8 nitrogen and oxygen atoms in total. The number of halogens is 4. The van der Waals surface area contributed by atoms with Crippen molar-refractivity contribution in [2.24, 2.45) is 0 Å². The first-order valence-corrected chi connectivity index (χ1v) is 18.8. The Morgan fingerprint density at radius 3 is 1.48 bits per heavy atom. The van der Waals surface area contributed by atoms with Crippen LogP contribution < -0.4 is 4.74 Å². The van der Waals surface area contributed by atoms with E-state index >= 15 is 0 Å². The van der Waals surface area contributed by atoms with Crippen molar-refractivity contribution in [3.8, 4) is 5.75 Å². The average molecular weight is 691 g/mol. The highest BCUT2D eigenvalue weighted by Gasteiger charge is 2.36. The normalized spacial score (nSPS) is 19.3. The summed E-state index contributed by atoms with van der Waals surface area (Å²) in [5.41, 5.74) is 2.42. The van der Waals surface area contributed by atoms with E-state index in [1.54, 1.807) is 0 Å². The van der Waals surface area contributed by atoms with Crippen LogP contribution in [-0.4, -0.2) is 34.0 Å². The third-order valence-corrected chi connectivity index (χ3v) is 11.8. The molecule has 3 saturated carbocycles. The minimum absolute atomic E-state index is 0.00520. The summed E-state index contributed by atoms with van der Waals surface area (Å²) in [5.74, 6) is -13.3.